The van der Waals surface area contributed by atoms with Gasteiger partial charge in [0.2, 0.25) is 0 Å². The molecule has 1 aliphatic heterocycles. The maximum atomic E-state index is 12.3. The number of carboxylic acid groups (broad SMARTS) is 1. The van der Waals surface area contributed by atoms with Crippen molar-refractivity contribution in [2.75, 3.05) is 13.1 Å². The van der Waals surface area contributed by atoms with Crippen molar-refractivity contribution in [3.63, 3.8) is 0 Å². The SMILES string of the molecule is Cc1ccc(C2CCCCN2C(=O)NCCC(=O)O)cc1. The van der Waals surface area contributed by atoms with E-state index in [2.05, 4.69) is 29.6 Å². The summed E-state index contributed by atoms with van der Waals surface area (Å²) in [4.78, 5) is 24.6. The highest BCUT2D eigenvalue weighted by atomic mass is 16.4. The third kappa shape index (κ3) is 4.21. The molecule has 1 fully saturated rings. The molecule has 0 bridgehead atoms. The Labute approximate surface area is 125 Å². The molecule has 5 nitrogen and oxygen atoms in total. The van der Waals surface area contributed by atoms with Crippen molar-refractivity contribution in [2.45, 2.75) is 38.6 Å². The van der Waals surface area contributed by atoms with Gasteiger partial charge >= 0.3 is 12.0 Å². The van der Waals surface area contributed by atoms with Gasteiger partial charge in [0.25, 0.3) is 0 Å². The number of likely N-dealkylation sites (tertiary alicyclic amines) is 1. The summed E-state index contributed by atoms with van der Waals surface area (Å²) in [6, 6.07) is 8.19. The van der Waals surface area contributed by atoms with E-state index in [1.54, 1.807) is 0 Å². The predicted molar refractivity (Wildman–Crippen MR) is 80.1 cm³/mol. The highest BCUT2D eigenvalue weighted by Crippen LogP contribution is 2.30. The second kappa shape index (κ2) is 7.11. The number of amides is 2. The summed E-state index contributed by atoms with van der Waals surface area (Å²) in [5.41, 5.74) is 2.35. The van der Waals surface area contributed by atoms with Gasteiger partial charge in [-0.2, -0.15) is 0 Å². The Morgan fingerprint density at radius 2 is 2.00 bits per heavy atom. The fraction of sp³-hybridized carbons (Fsp3) is 0.500. The summed E-state index contributed by atoms with van der Waals surface area (Å²) in [5.74, 6) is -0.899. The number of aliphatic carboxylic acids is 1. The van der Waals surface area contributed by atoms with Crippen LogP contribution in [-0.4, -0.2) is 35.1 Å². The molecule has 0 saturated carbocycles. The maximum absolute atomic E-state index is 12.3. The number of hydrogen-bond donors (Lipinski definition) is 2. The van der Waals surface area contributed by atoms with Gasteiger partial charge in [0.1, 0.15) is 0 Å². The van der Waals surface area contributed by atoms with Crippen molar-refractivity contribution in [1.82, 2.24) is 10.2 Å². The molecule has 0 radical (unpaired) electrons. The number of rotatable bonds is 4. The van der Waals surface area contributed by atoms with E-state index in [1.165, 1.54) is 5.56 Å². The standard InChI is InChI=1S/C16H22N2O3/c1-12-5-7-13(8-6-12)14-4-2-3-11-18(14)16(21)17-10-9-15(19)20/h5-8,14H,2-4,9-11H2,1H3,(H,17,21)(H,19,20). The fourth-order valence-electron chi connectivity index (χ4n) is 2.69. The van der Waals surface area contributed by atoms with E-state index in [0.29, 0.717) is 0 Å². The average Bonchev–Trinajstić information content (AvgIpc) is 2.47. The molecular formula is C16H22N2O3. The first-order valence-electron chi connectivity index (χ1n) is 7.41. The summed E-state index contributed by atoms with van der Waals surface area (Å²) >= 11 is 0. The van der Waals surface area contributed by atoms with Crippen LogP contribution in [0.25, 0.3) is 0 Å². The minimum absolute atomic E-state index is 0.0468. The van der Waals surface area contributed by atoms with Gasteiger partial charge in [-0.25, -0.2) is 4.79 Å². The van der Waals surface area contributed by atoms with Gasteiger partial charge in [0.15, 0.2) is 0 Å². The van der Waals surface area contributed by atoms with Gasteiger partial charge in [-0.3, -0.25) is 4.79 Å². The van der Waals surface area contributed by atoms with Gasteiger partial charge in [-0.05, 0) is 31.7 Å². The van der Waals surface area contributed by atoms with Crippen molar-refractivity contribution < 1.29 is 14.7 Å². The normalized spacial score (nSPS) is 18.3. The largest absolute Gasteiger partial charge is 0.481 e. The summed E-state index contributed by atoms with van der Waals surface area (Å²) in [6.07, 6.45) is 3.01. The molecule has 1 aliphatic rings. The van der Waals surface area contributed by atoms with E-state index in [9.17, 15) is 9.59 Å². The van der Waals surface area contributed by atoms with Crippen LogP contribution in [0.15, 0.2) is 24.3 Å². The van der Waals surface area contributed by atoms with E-state index in [0.717, 1.165) is 31.4 Å². The number of carbonyl (C=O) groups excluding carboxylic acids is 1. The quantitative estimate of drug-likeness (QED) is 0.895. The molecule has 1 heterocycles. The molecule has 0 spiro atoms. The van der Waals surface area contributed by atoms with Crippen LogP contribution >= 0.6 is 0 Å². The van der Waals surface area contributed by atoms with Crippen LogP contribution in [0.5, 0.6) is 0 Å². The molecule has 5 heteroatoms. The van der Waals surface area contributed by atoms with Crippen LogP contribution in [0.2, 0.25) is 0 Å². The second-order valence-corrected chi connectivity index (χ2v) is 5.49. The number of benzene rings is 1. The minimum atomic E-state index is -0.899. The highest BCUT2D eigenvalue weighted by molar-refractivity contribution is 5.76. The third-order valence-corrected chi connectivity index (χ3v) is 3.84. The Morgan fingerprint density at radius 3 is 2.67 bits per heavy atom. The van der Waals surface area contributed by atoms with E-state index >= 15 is 0 Å². The number of carboxylic acids is 1. The molecule has 1 unspecified atom stereocenters. The minimum Gasteiger partial charge on any atom is -0.481 e. The second-order valence-electron chi connectivity index (χ2n) is 5.49. The molecule has 0 aliphatic carbocycles. The molecule has 2 amide bonds. The number of piperidine rings is 1. The van der Waals surface area contributed by atoms with Crippen molar-refractivity contribution >= 4 is 12.0 Å². The van der Waals surface area contributed by atoms with Gasteiger partial charge in [-0.1, -0.05) is 29.8 Å². The summed E-state index contributed by atoms with van der Waals surface area (Å²) in [5, 5.41) is 11.3. The molecule has 1 atom stereocenters. The molecule has 1 aromatic rings. The van der Waals surface area contributed by atoms with Crippen LogP contribution in [0, 0.1) is 6.92 Å². The van der Waals surface area contributed by atoms with Crippen LogP contribution in [0.4, 0.5) is 4.79 Å². The number of urea groups is 1. The molecule has 0 aromatic heterocycles. The van der Waals surface area contributed by atoms with Crippen LogP contribution < -0.4 is 5.32 Å². The Bertz CT molecular complexity index is 499. The Kier molecular flexibility index (Phi) is 5.20. The van der Waals surface area contributed by atoms with Crippen molar-refractivity contribution in [1.29, 1.82) is 0 Å². The fourth-order valence-corrected chi connectivity index (χ4v) is 2.69. The smallest absolute Gasteiger partial charge is 0.317 e. The van der Waals surface area contributed by atoms with Gasteiger partial charge in [0, 0.05) is 13.1 Å². The highest BCUT2D eigenvalue weighted by Gasteiger charge is 2.27. The van der Waals surface area contributed by atoms with Crippen LogP contribution in [0.1, 0.15) is 42.9 Å². The summed E-state index contributed by atoms with van der Waals surface area (Å²) in [6.45, 7) is 2.93. The average molecular weight is 290 g/mol. The van der Waals surface area contributed by atoms with Crippen LogP contribution in [-0.2, 0) is 4.79 Å². The first-order valence-corrected chi connectivity index (χ1v) is 7.41. The van der Waals surface area contributed by atoms with Crippen LogP contribution in [0.3, 0.4) is 0 Å². The molecule has 2 rings (SSSR count). The lowest BCUT2D eigenvalue weighted by molar-refractivity contribution is -0.136. The number of aryl methyl sites for hydroxylation is 1. The molecule has 21 heavy (non-hydrogen) atoms. The zero-order valence-electron chi connectivity index (χ0n) is 12.3. The zero-order valence-corrected chi connectivity index (χ0v) is 12.3. The summed E-state index contributed by atoms with van der Waals surface area (Å²) < 4.78 is 0. The lowest BCUT2D eigenvalue weighted by Gasteiger charge is -2.36. The Balaban J connectivity index is 2.02. The van der Waals surface area contributed by atoms with E-state index in [-0.39, 0.29) is 25.0 Å². The first-order chi connectivity index (χ1) is 10.1. The van der Waals surface area contributed by atoms with E-state index < -0.39 is 5.97 Å². The number of hydrogen-bond acceptors (Lipinski definition) is 2. The maximum Gasteiger partial charge on any atom is 0.317 e. The first kappa shape index (κ1) is 15.4. The van der Waals surface area contributed by atoms with Crippen molar-refractivity contribution in [2.24, 2.45) is 0 Å². The molecule has 114 valence electrons. The third-order valence-electron chi connectivity index (χ3n) is 3.84. The predicted octanol–water partition coefficient (Wildman–Crippen LogP) is 2.71. The monoisotopic (exact) mass is 290 g/mol. The molecule has 1 aromatic carbocycles. The van der Waals surface area contributed by atoms with E-state index in [1.807, 2.05) is 11.8 Å². The van der Waals surface area contributed by atoms with Gasteiger partial charge < -0.3 is 15.3 Å². The number of nitrogens with zero attached hydrogens (tertiary/aromatic N) is 1. The summed E-state index contributed by atoms with van der Waals surface area (Å²) in [7, 11) is 0. The van der Waals surface area contributed by atoms with Crippen molar-refractivity contribution in [3.05, 3.63) is 35.4 Å². The number of carbonyl (C=O) groups is 2. The number of nitrogens with one attached hydrogen (secondary N) is 1. The topological polar surface area (TPSA) is 69.6 Å². The van der Waals surface area contributed by atoms with Gasteiger partial charge in [-0.15, -0.1) is 0 Å². The van der Waals surface area contributed by atoms with Gasteiger partial charge in [0.05, 0.1) is 12.5 Å². The lowest BCUT2D eigenvalue weighted by Crippen LogP contribution is -2.45. The zero-order chi connectivity index (χ0) is 15.2. The Morgan fingerprint density at radius 1 is 1.29 bits per heavy atom. The molecule has 1 saturated heterocycles. The molecular weight excluding hydrogens is 268 g/mol. The Hall–Kier alpha value is -2.04. The molecule has 2 N–H and O–H groups in total. The lowest BCUT2D eigenvalue weighted by atomic mass is 9.95. The van der Waals surface area contributed by atoms with Crippen molar-refractivity contribution in [3.8, 4) is 0 Å². The van der Waals surface area contributed by atoms with E-state index in [4.69, 9.17) is 5.11 Å².